The van der Waals surface area contributed by atoms with E-state index in [1.807, 2.05) is 12.1 Å². The van der Waals surface area contributed by atoms with E-state index >= 15 is 0 Å². The first-order chi connectivity index (χ1) is 9.16. The fourth-order valence-electron chi connectivity index (χ4n) is 2.62. The number of fused-ring (bicyclic) bond motifs is 1. The zero-order chi connectivity index (χ0) is 13.4. The maximum atomic E-state index is 12.5. The van der Waals surface area contributed by atoms with Crippen LogP contribution in [0.4, 0.5) is 5.69 Å². The lowest BCUT2D eigenvalue weighted by atomic mass is 9.88. The van der Waals surface area contributed by atoms with E-state index in [9.17, 15) is 9.59 Å². The van der Waals surface area contributed by atoms with Crippen LogP contribution < -0.4 is 5.73 Å². The number of para-hydroxylation sites is 1. The summed E-state index contributed by atoms with van der Waals surface area (Å²) in [6.07, 6.45) is 3.81. The summed E-state index contributed by atoms with van der Waals surface area (Å²) in [5.74, 6) is 0.181. The largest absolute Gasteiger partial charge is 0.397 e. The molecule has 3 rings (SSSR count). The van der Waals surface area contributed by atoms with Crippen LogP contribution in [0.15, 0.2) is 24.5 Å². The molecule has 1 aliphatic rings. The van der Waals surface area contributed by atoms with Crippen LogP contribution in [0.2, 0.25) is 0 Å². The molecular weight excluding hydrogens is 242 g/mol. The molecule has 0 radical (unpaired) electrons. The molecule has 0 unspecified atom stereocenters. The summed E-state index contributed by atoms with van der Waals surface area (Å²) in [5.41, 5.74) is 7.80. The first-order valence-electron chi connectivity index (χ1n) is 6.44. The lowest BCUT2D eigenvalue weighted by Gasteiger charge is -2.19. The molecule has 1 saturated carbocycles. The predicted octanol–water partition coefficient (Wildman–Crippen LogP) is 2.02. The molecule has 2 aromatic rings. The van der Waals surface area contributed by atoms with Gasteiger partial charge in [-0.3, -0.25) is 14.2 Å². The maximum absolute atomic E-state index is 12.5. The van der Waals surface area contributed by atoms with Crippen molar-refractivity contribution in [1.29, 1.82) is 0 Å². The molecule has 1 aliphatic carbocycles. The molecule has 19 heavy (non-hydrogen) atoms. The zero-order valence-corrected chi connectivity index (χ0v) is 10.5. The average molecular weight is 257 g/mol. The van der Waals surface area contributed by atoms with Gasteiger partial charge in [-0.1, -0.05) is 6.07 Å². The van der Waals surface area contributed by atoms with Crippen LogP contribution in [-0.2, 0) is 4.79 Å². The number of carbonyl (C=O) groups excluding carboxylic acids is 2. The smallest absolute Gasteiger partial charge is 0.235 e. The molecule has 0 bridgehead atoms. The molecule has 1 fully saturated rings. The van der Waals surface area contributed by atoms with Crippen LogP contribution in [0.1, 0.15) is 30.5 Å². The number of nitrogens with zero attached hydrogens (tertiary/aromatic N) is 2. The Bertz CT molecular complexity index is 650. The number of imidazole rings is 1. The molecule has 2 N–H and O–H groups in total. The second kappa shape index (κ2) is 4.50. The van der Waals surface area contributed by atoms with E-state index in [0.29, 0.717) is 36.9 Å². The van der Waals surface area contributed by atoms with Crippen molar-refractivity contribution < 1.29 is 9.59 Å². The van der Waals surface area contributed by atoms with Crippen molar-refractivity contribution >= 4 is 28.4 Å². The van der Waals surface area contributed by atoms with Crippen LogP contribution in [0.25, 0.3) is 11.0 Å². The summed E-state index contributed by atoms with van der Waals surface area (Å²) in [5, 5.41) is 0. The van der Waals surface area contributed by atoms with Crippen LogP contribution in [0, 0.1) is 5.92 Å². The van der Waals surface area contributed by atoms with E-state index < -0.39 is 0 Å². The lowest BCUT2D eigenvalue weighted by Crippen LogP contribution is -2.26. The van der Waals surface area contributed by atoms with Gasteiger partial charge in [0.05, 0.1) is 11.2 Å². The molecule has 5 heteroatoms. The Hall–Kier alpha value is -2.17. The van der Waals surface area contributed by atoms with Gasteiger partial charge in [0.2, 0.25) is 5.91 Å². The zero-order valence-electron chi connectivity index (χ0n) is 10.5. The number of aromatic nitrogens is 2. The third kappa shape index (κ3) is 2.01. The molecule has 98 valence electrons. The highest BCUT2D eigenvalue weighted by Gasteiger charge is 2.26. The summed E-state index contributed by atoms with van der Waals surface area (Å²) in [7, 11) is 0. The number of nitrogens with two attached hydrogens (primary N) is 1. The number of nitrogen functional groups attached to an aromatic ring is 1. The van der Waals surface area contributed by atoms with Crippen LogP contribution in [-0.4, -0.2) is 21.2 Å². The van der Waals surface area contributed by atoms with Gasteiger partial charge in [0.1, 0.15) is 17.6 Å². The van der Waals surface area contributed by atoms with Crippen molar-refractivity contribution in [2.24, 2.45) is 5.92 Å². The average Bonchev–Trinajstić information content (AvgIpc) is 2.84. The van der Waals surface area contributed by atoms with Crippen molar-refractivity contribution in [3.8, 4) is 0 Å². The fraction of sp³-hybridized carbons (Fsp3) is 0.357. The third-order valence-corrected chi connectivity index (χ3v) is 3.74. The van der Waals surface area contributed by atoms with Crippen LogP contribution in [0.5, 0.6) is 0 Å². The molecule has 0 spiro atoms. The monoisotopic (exact) mass is 257 g/mol. The SMILES string of the molecule is Nc1cccc2c1ncn2C(=O)C1CCC(=O)CC1. The summed E-state index contributed by atoms with van der Waals surface area (Å²) in [6.45, 7) is 0. The van der Waals surface area contributed by atoms with Gasteiger partial charge in [-0.15, -0.1) is 0 Å². The number of hydrogen-bond acceptors (Lipinski definition) is 4. The predicted molar refractivity (Wildman–Crippen MR) is 71.7 cm³/mol. The quantitative estimate of drug-likeness (QED) is 0.793. The molecule has 5 nitrogen and oxygen atoms in total. The first kappa shape index (κ1) is 11.9. The second-order valence-electron chi connectivity index (χ2n) is 4.98. The van der Waals surface area contributed by atoms with Crippen molar-refractivity contribution in [2.75, 3.05) is 5.73 Å². The summed E-state index contributed by atoms with van der Waals surface area (Å²) >= 11 is 0. The molecular formula is C14H15N3O2. The maximum Gasteiger partial charge on any atom is 0.235 e. The molecule has 0 atom stereocenters. The van der Waals surface area contributed by atoms with Crippen LogP contribution in [0.3, 0.4) is 0 Å². The van der Waals surface area contributed by atoms with E-state index in [0.717, 1.165) is 5.52 Å². The normalized spacial score (nSPS) is 16.9. The number of Topliss-reactive ketones (excluding diaryl/α,β-unsaturated/α-hetero) is 1. The highest BCUT2D eigenvalue weighted by Crippen LogP contribution is 2.26. The highest BCUT2D eigenvalue weighted by atomic mass is 16.2. The lowest BCUT2D eigenvalue weighted by molar-refractivity contribution is -0.120. The number of rotatable bonds is 1. The van der Waals surface area contributed by atoms with E-state index in [1.54, 1.807) is 10.6 Å². The molecule has 1 aromatic heterocycles. The molecule has 0 aliphatic heterocycles. The van der Waals surface area contributed by atoms with Crippen molar-refractivity contribution in [3.63, 3.8) is 0 Å². The van der Waals surface area contributed by atoms with Gasteiger partial charge >= 0.3 is 0 Å². The Balaban J connectivity index is 1.94. The second-order valence-corrected chi connectivity index (χ2v) is 4.98. The Morgan fingerprint density at radius 3 is 2.79 bits per heavy atom. The standard InChI is InChI=1S/C14H15N3O2/c15-11-2-1-3-12-13(11)16-8-17(12)14(19)9-4-6-10(18)7-5-9/h1-3,8-9H,4-7,15H2. The number of carbonyl (C=O) groups is 2. The van der Waals surface area contributed by atoms with E-state index in [-0.39, 0.29) is 17.6 Å². The minimum absolute atomic E-state index is 0.0144. The van der Waals surface area contributed by atoms with E-state index in [2.05, 4.69) is 4.98 Å². The molecule has 1 aromatic carbocycles. The van der Waals surface area contributed by atoms with Gasteiger partial charge in [-0.2, -0.15) is 0 Å². The van der Waals surface area contributed by atoms with Crippen LogP contribution >= 0.6 is 0 Å². The Morgan fingerprint density at radius 1 is 1.32 bits per heavy atom. The van der Waals surface area contributed by atoms with Gasteiger partial charge < -0.3 is 5.73 Å². The minimum Gasteiger partial charge on any atom is -0.397 e. The Labute approximate surface area is 110 Å². The topological polar surface area (TPSA) is 78.0 Å². The van der Waals surface area contributed by atoms with Gasteiger partial charge in [0, 0.05) is 18.8 Å². The van der Waals surface area contributed by atoms with Gasteiger partial charge in [0.15, 0.2) is 0 Å². The fourth-order valence-corrected chi connectivity index (χ4v) is 2.62. The van der Waals surface area contributed by atoms with Gasteiger partial charge in [0.25, 0.3) is 0 Å². The minimum atomic E-state index is -0.0865. The van der Waals surface area contributed by atoms with E-state index in [1.165, 1.54) is 6.33 Å². The molecule has 0 saturated heterocycles. The summed E-state index contributed by atoms with van der Waals surface area (Å²) in [4.78, 5) is 27.9. The van der Waals surface area contributed by atoms with Gasteiger partial charge in [-0.05, 0) is 25.0 Å². The Morgan fingerprint density at radius 2 is 2.05 bits per heavy atom. The number of benzene rings is 1. The van der Waals surface area contributed by atoms with Crippen molar-refractivity contribution in [1.82, 2.24) is 9.55 Å². The van der Waals surface area contributed by atoms with Crippen molar-refractivity contribution in [2.45, 2.75) is 25.7 Å². The summed E-state index contributed by atoms with van der Waals surface area (Å²) < 4.78 is 1.56. The highest BCUT2D eigenvalue weighted by molar-refractivity contribution is 5.96. The molecule has 0 amide bonds. The Kier molecular flexibility index (Phi) is 2.81. The van der Waals surface area contributed by atoms with Gasteiger partial charge in [-0.25, -0.2) is 4.98 Å². The van der Waals surface area contributed by atoms with E-state index in [4.69, 9.17) is 5.73 Å². The first-order valence-corrected chi connectivity index (χ1v) is 6.44. The molecule has 1 heterocycles. The third-order valence-electron chi connectivity index (χ3n) is 3.74. The number of anilines is 1. The van der Waals surface area contributed by atoms with Crippen molar-refractivity contribution in [3.05, 3.63) is 24.5 Å². The number of ketones is 1. The number of hydrogen-bond donors (Lipinski definition) is 1. The summed E-state index contributed by atoms with van der Waals surface area (Å²) in [6, 6.07) is 5.42.